The number of fused-ring (bicyclic) bond motifs is 2. The van der Waals surface area contributed by atoms with E-state index >= 15 is 0 Å². The minimum Gasteiger partial charge on any atom is -0.411 e. The molecule has 0 aliphatic carbocycles. The van der Waals surface area contributed by atoms with Crippen LogP contribution in [0.15, 0.2) is 59.0 Å². The lowest BCUT2D eigenvalue weighted by Crippen LogP contribution is -2.39. The van der Waals surface area contributed by atoms with Gasteiger partial charge < -0.3 is 10.1 Å². The summed E-state index contributed by atoms with van der Waals surface area (Å²) in [5, 5.41) is 17.0. The van der Waals surface area contributed by atoms with Crippen molar-refractivity contribution in [2.75, 3.05) is 11.9 Å². The molecule has 0 radical (unpaired) electrons. The van der Waals surface area contributed by atoms with E-state index in [2.05, 4.69) is 25.1 Å². The predicted octanol–water partition coefficient (Wildman–Crippen LogP) is 2.43. The molecule has 4 aromatic rings. The van der Waals surface area contributed by atoms with Gasteiger partial charge in [-0.2, -0.15) is 5.10 Å². The molecule has 4 heterocycles. The summed E-state index contributed by atoms with van der Waals surface area (Å²) >= 11 is 0. The van der Waals surface area contributed by atoms with Gasteiger partial charge in [0, 0.05) is 18.9 Å². The van der Waals surface area contributed by atoms with Gasteiger partial charge >= 0.3 is 0 Å². The lowest BCUT2D eigenvalue weighted by atomic mass is 10.0. The van der Waals surface area contributed by atoms with Crippen molar-refractivity contribution in [2.24, 2.45) is 5.16 Å². The summed E-state index contributed by atoms with van der Waals surface area (Å²) in [7, 11) is -1.84. The highest BCUT2D eigenvalue weighted by Gasteiger charge is 2.27. The van der Waals surface area contributed by atoms with E-state index in [1.807, 2.05) is 24.7 Å². The number of likely N-dealkylation sites (N-methyl/N-ethyl adjacent to an activating group) is 1. The van der Waals surface area contributed by atoms with Crippen LogP contribution in [0, 0.1) is 6.92 Å². The number of nitrogens with zero attached hydrogens (tertiary/aromatic N) is 7. The second-order valence-electron chi connectivity index (χ2n) is 8.15. The summed E-state index contributed by atoms with van der Waals surface area (Å²) in [6, 6.07) is 10.5. The minimum atomic E-state index is -3.79. The summed E-state index contributed by atoms with van der Waals surface area (Å²) in [6.07, 6.45) is 5.94. The van der Waals surface area contributed by atoms with Crippen LogP contribution in [0.25, 0.3) is 11.0 Å². The Morgan fingerprint density at radius 3 is 2.76 bits per heavy atom. The first-order chi connectivity index (χ1) is 15.9. The fourth-order valence-electron chi connectivity index (χ4n) is 4.27. The predicted molar refractivity (Wildman–Crippen MR) is 123 cm³/mol. The van der Waals surface area contributed by atoms with Gasteiger partial charge in [-0.1, -0.05) is 22.9 Å². The van der Waals surface area contributed by atoms with E-state index in [1.165, 1.54) is 22.7 Å². The second kappa shape index (κ2) is 8.00. The van der Waals surface area contributed by atoms with Crippen molar-refractivity contribution in [3.63, 3.8) is 0 Å². The van der Waals surface area contributed by atoms with Gasteiger partial charge in [0.1, 0.15) is 17.8 Å². The molecule has 1 atom stereocenters. The maximum Gasteiger partial charge on any atom is 0.269 e. The third-order valence-electron chi connectivity index (χ3n) is 6.08. The van der Waals surface area contributed by atoms with Crippen molar-refractivity contribution in [3.8, 4) is 0 Å². The SMILES string of the molecule is Cc1ccc(S(=O)(=O)n2ccc3c(N(C)C4CCc5cc(/C=N/O)nn5C4)ncnc32)cc1. The smallest absolute Gasteiger partial charge is 0.269 e. The number of aryl methyl sites for hydroxylation is 2. The van der Waals surface area contributed by atoms with Crippen LogP contribution >= 0.6 is 0 Å². The molecule has 0 spiro atoms. The van der Waals surface area contributed by atoms with Gasteiger partial charge in [0.2, 0.25) is 0 Å². The summed E-state index contributed by atoms with van der Waals surface area (Å²) < 4.78 is 29.6. The third-order valence-corrected chi connectivity index (χ3v) is 7.76. The highest BCUT2D eigenvalue weighted by molar-refractivity contribution is 7.90. The third kappa shape index (κ3) is 3.63. The van der Waals surface area contributed by atoms with Crippen LogP contribution in [-0.2, 0) is 23.0 Å². The van der Waals surface area contributed by atoms with Gasteiger partial charge in [0.25, 0.3) is 10.0 Å². The van der Waals surface area contributed by atoms with E-state index in [4.69, 9.17) is 5.21 Å². The molecule has 33 heavy (non-hydrogen) atoms. The van der Waals surface area contributed by atoms with Crippen LogP contribution in [0.4, 0.5) is 5.82 Å². The average molecular weight is 466 g/mol. The summed E-state index contributed by atoms with van der Waals surface area (Å²) in [5.41, 5.74) is 3.02. The van der Waals surface area contributed by atoms with Crippen molar-refractivity contribution < 1.29 is 13.6 Å². The molecule has 5 rings (SSSR count). The van der Waals surface area contributed by atoms with E-state index in [0.717, 1.165) is 24.1 Å². The Morgan fingerprint density at radius 1 is 1.21 bits per heavy atom. The fourth-order valence-corrected chi connectivity index (χ4v) is 5.57. The molecule has 0 amide bonds. The zero-order valence-electron chi connectivity index (χ0n) is 18.2. The van der Waals surface area contributed by atoms with Crippen molar-refractivity contribution >= 4 is 33.1 Å². The van der Waals surface area contributed by atoms with Gasteiger partial charge in [-0.3, -0.25) is 4.68 Å². The molecule has 0 fully saturated rings. The number of benzene rings is 1. The van der Waals surface area contributed by atoms with Crippen molar-refractivity contribution in [2.45, 2.75) is 37.2 Å². The molecule has 0 bridgehead atoms. The van der Waals surface area contributed by atoms with Gasteiger partial charge in [-0.15, -0.1) is 0 Å². The molecule has 1 unspecified atom stereocenters. The Bertz CT molecular complexity index is 1460. The van der Waals surface area contributed by atoms with Crippen LogP contribution in [0.5, 0.6) is 0 Å². The summed E-state index contributed by atoms with van der Waals surface area (Å²) in [4.78, 5) is 11.0. The normalized spacial score (nSPS) is 16.4. The zero-order valence-corrected chi connectivity index (χ0v) is 19.0. The van der Waals surface area contributed by atoms with Gasteiger partial charge in [0.15, 0.2) is 5.65 Å². The van der Waals surface area contributed by atoms with Crippen LogP contribution in [-0.4, -0.2) is 56.7 Å². The van der Waals surface area contributed by atoms with Crippen molar-refractivity contribution in [3.05, 3.63) is 65.9 Å². The van der Waals surface area contributed by atoms with Gasteiger partial charge in [-0.25, -0.2) is 22.4 Å². The van der Waals surface area contributed by atoms with Crippen LogP contribution in [0.3, 0.4) is 0 Å². The second-order valence-corrected chi connectivity index (χ2v) is 9.97. The van der Waals surface area contributed by atoms with E-state index in [1.54, 1.807) is 30.3 Å². The molecule has 1 N–H and O–H groups in total. The van der Waals surface area contributed by atoms with Crippen molar-refractivity contribution in [1.82, 2.24) is 23.7 Å². The zero-order chi connectivity index (χ0) is 23.2. The Hall–Kier alpha value is -3.73. The Kier molecular flexibility index (Phi) is 5.12. The first-order valence-electron chi connectivity index (χ1n) is 10.5. The van der Waals surface area contributed by atoms with Crippen molar-refractivity contribution in [1.29, 1.82) is 0 Å². The molecule has 170 valence electrons. The summed E-state index contributed by atoms with van der Waals surface area (Å²) in [5.74, 6) is 0.663. The number of anilines is 1. The highest BCUT2D eigenvalue weighted by atomic mass is 32.2. The lowest BCUT2D eigenvalue weighted by Gasteiger charge is -2.32. The molecule has 11 heteroatoms. The van der Waals surface area contributed by atoms with E-state index in [9.17, 15) is 8.42 Å². The molecular formula is C22H23N7O3S. The molecule has 0 saturated carbocycles. The van der Waals surface area contributed by atoms with Crippen LogP contribution < -0.4 is 4.90 Å². The fraction of sp³-hybridized carbons (Fsp3) is 0.273. The number of hydrogen-bond acceptors (Lipinski definition) is 8. The highest BCUT2D eigenvalue weighted by Crippen LogP contribution is 2.29. The largest absolute Gasteiger partial charge is 0.411 e. The molecule has 0 saturated heterocycles. The molecule has 1 aliphatic heterocycles. The Balaban J connectivity index is 1.48. The maximum atomic E-state index is 13.2. The molecule has 10 nitrogen and oxygen atoms in total. The van der Waals surface area contributed by atoms with Crippen LogP contribution in [0.1, 0.15) is 23.4 Å². The molecule has 1 aliphatic rings. The van der Waals surface area contributed by atoms with E-state index < -0.39 is 10.0 Å². The number of rotatable bonds is 5. The van der Waals surface area contributed by atoms with E-state index in [-0.39, 0.29) is 10.9 Å². The molecular weight excluding hydrogens is 442 g/mol. The van der Waals surface area contributed by atoms with Crippen LogP contribution in [0.2, 0.25) is 0 Å². The summed E-state index contributed by atoms with van der Waals surface area (Å²) in [6.45, 7) is 2.55. The Labute approximate surface area is 190 Å². The Morgan fingerprint density at radius 2 is 2.00 bits per heavy atom. The van der Waals surface area contributed by atoms with E-state index in [0.29, 0.717) is 29.1 Å². The lowest BCUT2D eigenvalue weighted by molar-refractivity contribution is 0.321. The molecule has 3 aromatic heterocycles. The standard InChI is InChI=1S/C22H23N7O3S/c1-15-3-7-19(8-4-15)33(31,32)29-10-9-20-21(23-14-24-22(20)29)27(2)18-6-5-17-11-16(12-25-30)26-28(17)13-18/h3-4,7-12,14,18,30H,5-6,13H2,1-2H3/b25-12+. The first kappa shape index (κ1) is 21.1. The minimum absolute atomic E-state index is 0.103. The number of hydrogen-bond donors (Lipinski definition) is 1. The average Bonchev–Trinajstić information content (AvgIpc) is 3.42. The van der Waals surface area contributed by atoms with Gasteiger partial charge in [-0.05, 0) is 44.0 Å². The topological polar surface area (TPSA) is 118 Å². The monoisotopic (exact) mass is 465 g/mol. The molecule has 1 aromatic carbocycles. The quantitative estimate of drug-likeness (QED) is 0.273. The first-order valence-corrected chi connectivity index (χ1v) is 11.9. The number of oxime groups is 1. The maximum absolute atomic E-state index is 13.2. The number of aromatic nitrogens is 5. The van der Waals surface area contributed by atoms with Gasteiger partial charge in [0.05, 0.1) is 29.1 Å².